The van der Waals surface area contributed by atoms with E-state index in [0.717, 1.165) is 12.1 Å². The minimum absolute atomic E-state index is 0.727. The van der Waals surface area contributed by atoms with Gasteiger partial charge in [0.1, 0.15) is 0 Å². The van der Waals surface area contributed by atoms with Crippen LogP contribution in [0.25, 0.3) is 0 Å². The zero-order valence-corrected chi connectivity index (χ0v) is 12.2. The van der Waals surface area contributed by atoms with Gasteiger partial charge in [-0.2, -0.15) is 0 Å². The molecule has 2 heteroatoms. The molecule has 1 fully saturated rings. The summed E-state index contributed by atoms with van der Waals surface area (Å²) in [5, 5.41) is 3.73. The normalized spacial score (nSPS) is 19.1. The van der Waals surface area contributed by atoms with Gasteiger partial charge in [0.15, 0.2) is 0 Å². The van der Waals surface area contributed by atoms with Gasteiger partial charge in [0, 0.05) is 12.1 Å². The van der Waals surface area contributed by atoms with E-state index in [9.17, 15) is 0 Å². The second-order valence-electron chi connectivity index (χ2n) is 5.77. The van der Waals surface area contributed by atoms with Crippen LogP contribution in [0.4, 0.5) is 0 Å². The highest BCUT2D eigenvalue weighted by Crippen LogP contribution is 2.13. The van der Waals surface area contributed by atoms with Crippen molar-refractivity contribution in [1.82, 2.24) is 10.2 Å². The summed E-state index contributed by atoms with van der Waals surface area (Å²) in [6.07, 6.45) is 9.63. The Bertz CT molecular complexity index is 172. The van der Waals surface area contributed by atoms with Gasteiger partial charge in [-0.05, 0) is 52.7 Å². The molecule has 1 aliphatic heterocycles. The Morgan fingerprint density at radius 3 is 2.29 bits per heavy atom. The van der Waals surface area contributed by atoms with Gasteiger partial charge in [0.05, 0.1) is 0 Å². The van der Waals surface area contributed by atoms with Crippen LogP contribution in [0.5, 0.6) is 0 Å². The number of piperidine rings is 1. The fourth-order valence-electron chi connectivity index (χ4n) is 2.65. The van der Waals surface area contributed by atoms with Crippen LogP contribution in [0.15, 0.2) is 0 Å². The predicted molar refractivity (Wildman–Crippen MR) is 76.5 cm³/mol. The summed E-state index contributed by atoms with van der Waals surface area (Å²) >= 11 is 0. The maximum atomic E-state index is 3.73. The lowest BCUT2D eigenvalue weighted by Gasteiger charge is -2.35. The maximum Gasteiger partial charge on any atom is 0.00914 e. The maximum absolute atomic E-state index is 3.73. The monoisotopic (exact) mass is 240 g/mol. The average Bonchev–Trinajstić information content (AvgIpc) is 2.34. The number of nitrogens with one attached hydrogen (secondary N) is 1. The zero-order chi connectivity index (χ0) is 12.5. The fourth-order valence-corrected chi connectivity index (χ4v) is 2.65. The molecule has 0 amide bonds. The average molecular weight is 240 g/mol. The molecule has 2 nitrogen and oxygen atoms in total. The smallest absolute Gasteiger partial charge is 0.00914 e. The van der Waals surface area contributed by atoms with Gasteiger partial charge in [0.2, 0.25) is 0 Å². The van der Waals surface area contributed by atoms with Gasteiger partial charge in [-0.1, -0.05) is 32.6 Å². The molecule has 0 radical (unpaired) electrons. The van der Waals surface area contributed by atoms with Crippen LogP contribution in [0.1, 0.15) is 65.7 Å². The molecule has 0 atom stereocenters. The van der Waals surface area contributed by atoms with Gasteiger partial charge < -0.3 is 10.2 Å². The Balaban J connectivity index is 1.95. The molecule has 17 heavy (non-hydrogen) atoms. The number of likely N-dealkylation sites (tertiary alicyclic amines) is 1. The van der Waals surface area contributed by atoms with Crippen molar-refractivity contribution >= 4 is 0 Å². The molecule has 1 aliphatic rings. The first-order valence-corrected chi connectivity index (χ1v) is 7.71. The summed E-state index contributed by atoms with van der Waals surface area (Å²) < 4.78 is 0. The second kappa shape index (κ2) is 8.93. The molecule has 1 N–H and O–H groups in total. The van der Waals surface area contributed by atoms with E-state index in [4.69, 9.17) is 0 Å². The van der Waals surface area contributed by atoms with E-state index >= 15 is 0 Å². The van der Waals surface area contributed by atoms with E-state index in [0.29, 0.717) is 0 Å². The van der Waals surface area contributed by atoms with Gasteiger partial charge in [-0.25, -0.2) is 0 Å². The minimum Gasteiger partial charge on any atom is -0.314 e. The van der Waals surface area contributed by atoms with E-state index in [1.807, 2.05) is 0 Å². The van der Waals surface area contributed by atoms with Crippen molar-refractivity contribution < 1.29 is 0 Å². The van der Waals surface area contributed by atoms with Crippen molar-refractivity contribution in [2.24, 2.45) is 0 Å². The number of hydrogen-bond acceptors (Lipinski definition) is 2. The van der Waals surface area contributed by atoms with Crippen LogP contribution in [-0.4, -0.2) is 36.6 Å². The summed E-state index contributed by atoms with van der Waals surface area (Å²) in [5.41, 5.74) is 0. The van der Waals surface area contributed by atoms with Crippen LogP contribution < -0.4 is 5.32 Å². The SMILES string of the molecule is CCCCCCCNC1CCN(C(C)C)CC1. The lowest BCUT2D eigenvalue weighted by molar-refractivity contribution is 0.161. The van der Waals surface area contributed by atoms with Crippen LogP contribution >= 0.6 is 0 Å². The van der Waals surface area contributed by atoms with Crippen molar-refractivity contribution in [3.63, 3.8) is 0 Å². The molecule has 1 rings (SSSR count). The Labute approximate surface area is 108 Å². The quantitative estimate of drug-likeness (QED) is 0.654. The number of rotatable bonds is 8. The highest BCUT2D eigenvalue weighted by molar-refractivity contribution is 4.78. The molecular weight excluding hydrogens is 208 g/mol. The second-order valence-corrected chi connectivity index (χ2v) is 5.77. The van der Waals surface area contributed by atoms with Crippen LogP contribution in [0.3, 0.4) is 0 Å². The summed E-state index contributed by atoms with van der Waals surface area (Å²) in [6, 6.07) is 1.51. The third-order valence-corrected chi connectivity index (χ3v) is 3.97. The molecule has 0 spiro atoms. The first kappa shape index (κ1) is 15.0. The lowest BCUT2D eigenvalue weighted by atomic mass is 10.0. The summed E-state index contributed by atoms with van der Waals surface area (Å²) in [7, 11) is 0. The molecule has 1 heterocycles. The van der Waals surface area contributed by atoms with Crippen molar-refractivity contribution in [2.75, 3.05) is 19.6 Å². The Morgan fingerprint density at radius 1 is 1.06 bits per heavy atom. The van der Waals surface area contributed by atoms with Crippen molar-refractivity contribution in [3.05, 3.63) is 0 Å². The van der Waals surface area contributed by atoms with Crippen LogP contribution in [0.2, 0.25) is 0 Å². The molecule has 102 valence electrons. The lowest BCUT2D eigenvalue weighted by Crippen LogP contribution is -2.45. The number of hydrogen-bond donors (Lipinski definition) is 1. The van der Waals surface area contributed by atoms with E-state index in [2.05, 4.69) is 31.0 Å². The molecule has 0 saturated carbocycles. The first-order chi connectivity index (χ1) is 8.24. The molecule has 1 saturated heterocycles. The van der Waals surface area contributed by atoms with Gasteiger partial charge >= 0.3 is 0 Å². The van der Waals surface area contributed by atoms with E-state index < -0.39 is 0 Å². The van der Waals surface area contributed by atoms with Crippen LogP contribution in [-0.2, 0) is 0 Å². The molecule has 0 aromatic carbocycles. The molecule has 0 bridgehead atoms. The summed E-state index contributed by atoms with van der Waals surface area (Å²) in [4.78, 5) is 2.60. The third kappa shape index (κ3) is 6.42. The first-order valence-electron chi connectivity index (χ1n) is 7.71. The number of unbranched alkanes of at least 4 members (excludes halogenated alkanes) is 4. The summed E-state index contributed by atoms with van der Waals surface area (Å²) in [6.45, 7) is 10.7. The van der Waals surface area contributed by atoms with Crippen LogP contribution in [0, 0.1) is 0 Å². The van der Waals surface area contributed by atoms with E-state index in [1.165, 1.54) is 64.6 Å². The van der Waals surface area contributed by atoms with Crippen molar-refractivity contribution in [3.8, 4) is 0 Å². The van der Waals surface area contributed by atoms with Crippen molar-refractivity contribution in [2.45, 2.75) is 77.8 Å². The standard InChI is InChI=1S/C15H32N2/c1-4-5-6-7-8-11-16-15-9-12-17(13-10-15)14(2)3/h14-16H,4-13H2,1-3H3. The number of nitrogens with zero attached hydrogens (tertiary/aromatic N) is 1. The van der Waals surface area contributed by atoms with Gasteiger partial charge in [-0.15, -0.1) is 0 Å². The highest BCUT2D eigenvalue weighted by Gasteiger charge is 2.19. The third-order valence-electron chi connectivity index (χ3n) is 3.97. The van der Waals surface area contributed by atoms with Crippen molar-refractivity contribution in [1.29, 1.82) is 0 Å². The summed E-state index contributed by atoms with van der Waals surface area (Å²) in [5.74, 6) is 0. The zero-order valence-electron chi connectivity index (χ0n) is 12.2. The molecule has 0 aliphatic carbocycles. The Morgan fingerprint density at radius 2 is 1.71 bits per heavy atom. The molecular formula is C15H32N2. The van der Waals surface area contributed by atoms with E-state index in [-0.39, 0.29) is 0 Å². The fraction of sp³-hybridized carbons (Fsp3) is 1.00. The molecule has 0 aromatic heterocycles. The topological polar surface area (TPSA) is 15.3 Å². The minimum atomic E-state index is 0.727. The predicted octanol–water partition coefficient (Wildman–Crippen LogP) is 3.42. The van der Waals surface area contributed by atoms with E-state index in [1.54, 1.807) is 0 Å². The molecule has 0 unspecified atom stereocenters. The molecule has 0 aromatic rings. The highest BCUT2D eigenvalue weighted by atomic mass is 15.2. The Kier molecular flexibility index (Phi) is 7.87. The largest absolute Gasteiger partial charge is 0.314 e. The Hall–Kier alpha value is -0.0800. The van der Waals surface area contributed by atoms with Gasteiger partial charge in [0.25, 0.3) is 0 Å². The van der Waals surface area contributed by atoms with Gasteiger partial charge in [-0.3, -0.25) is 0 Å².